The summed E-state index contributed by atoms with van der Waals surface area (Å²) in [6.07, 6.45) is 2.09. The molecule has 4 aliphatic rings. The number of piperidine rings is 3. The Morgan fingerprint density at radius 1 is 1.12 bits per heavy atom. The zero-order valence-electron chi connectivity index (χ0n) is 20.0. The number of amides is 1. The predicted octanol–water partition coefficient (Wildman–Crippen LogP) is 6.52. The number of nitrogens with one attached hydrogen (secondary N) is 1. The maximum atomic E-state index is 13.2. The van der Waals surface area contributed by atoms with E-state index in [9.17, 15) is 13.6 Å². The lowest BCUT2D eigenvalue weighted by Gasteiger charge is -2.44. The van der Waals surface area contributed by atoms with Gasteiger partial charge in [0.2, 0.25) is 0 Å². The Kier molecular flexibility index (Phi) is 6.36. The molecule has 6 heteroatoms. The van der Waals surface area contributed by atoms with Crippen molar-refractivity contribution in [1.82, 2.24) is 10.2 Å². The molecule has 3 fully saturated rings. The first-order valence-electron chi connectivity index (χ1n) is 12.6. The molecule has 1 N–H and O–H groups in total. The third-order valence-electron chi connectivity index (χ3n) is 8.61. The van der Waals surface area contributed by atoms with Gasteiger partial charge in [0.25, 0.3) is 6.43 Å². The van der Waals surface area contributed by atoms with Gasteiger partial charge in [0, 0.05) is 12.1 Å². The van der Waals surface area contributed by atoms with Crippen LogP contribution in [-0.4, -0.2) is 36.7 Å². The molecule has 182 valence electrons. The third kappa shape index (κ3) is 4.21. The number of carbonyl (C=O) groups excluding carboxylic acids is 1. The number of fused-ring (bicyclic) bond motifs is 4. The van der Waals surface area contributed by atoms with Crippen LogP contribution in [-0.2, 0) is 11.2 Å². The Bertz CT molecular complexity index is 1040. The standard InChI is InChI=1S/C28H34F2N2O2/c1-3-28(4-2)16-22-15-20(19-6-5-7-21(14-19)26(29)30)8-9-23(22)25(28)31-27(33)34-24-17-32-12-10-18(24)11-13-32/h5-9,14-15,18,24-26H,3-4,10-13,16-17H2,1-2H3,(H,31,33)/t24-,25?/m0/s1. The van der Waals surface area contributed by atoms with Crippen molar-refractivity contribution >= 4 is 6.09 Å². The number of alkyl halides is 2. The minimum atomic E-state index is -2.49. The summed E-state index contributed by atoms with van der Waals surface area (Å²) < 4.78 is 32.4. The lowest BCUT2D eigenvalue weighted by Crippen LogP contribution is -2.53. The van der Waals surface area contributed by atoms with Crippen LogP contribution in [0.2, 0.25) is 0 Å². The fraction of sp³-hybridized carbons (Fsp3) is 0.536. The highest BCUT2D eigenvalue weighted by Gasteiger charge is 2.45. The third-order valence-corrected chi connectivity index (χ3v) is 8.61. The molecule has 1 amide bonds. The molecule has 1 aliphatic carbocycles. The smallest absolute Gasteiger partial charge is 0.407 e. The number of halogens is 2. The Morgan fingerprint density at radius 3 is 2.50 bits per heavy atom. The van der Waals surface area contributed by atoms with Gasteiger partial charge in [-0.15, -0.1) is 0 Å². The molecule has 3 saturated heterocycles. The van der Waals surface area contributed by atoms with Gasteiger partial charge < -0.3 is 10.1 Å². The maximum absolute atomic E-state index is 13.2. The fourth-order valence-electron chi connectivity index (χ4n) is 6.36. The second kappa shape index (κ2) is 9.29. The molecular weight excluding hydrogens is 434 g/mol. The molecule has 34 heavy (non-hydrogen) atoms. The molecule has 2 bridgehead atoms. The van der Waals surface area contributed by atoms with Gasteiger partial charge in [0.15, 0.2) is 0 Å². The average molecular weight is 469 g/mol. The van der Waals surface area contributed by atoms with E-state index in [4.69, 9.17) is 4.74 Å². The molecule has 2 aromatic rings. The van der Waals surface area contributed by atoms with Crippen LogP contribution in [0.5, 0.6) is 0 Å². The van der Waals surface area contributed by atoms with Crippen LogP contribution < -0.4 is 5.32 Å². The van der Waals surface area contributed by atoms with Gasteiger partial charge in [-0.1, -0.05) is 50.2 Å². The summed E-state index contributed by atoms with van der Waals surface area (Å²) in [5.41, 5.74) is 3.96. The van der Waals surface area contributed by atoms with Crippen LogP contribution in [0.25, 0.3) is 11.1 Å². The van der Waals surface area contributed by atoms with Gasteiger partial charge in [-0.25, -0.2) is 13.6 Å². The van der Waals surface area contributed by atoms with Crippen LogP contribution in [0.4, 0.5) is 13.6 Å². The van der Waals surface area contributed by atoms with Crippen LogP contribution in [0.3, 0.4) is 0 Å². The van der Waals surface area contributed by atoms with Gasteiger partial charge in [-0.05, 0) is 84.8 Å². The van der Waals surface area contributed by atoms with E-state index >= 15 is 0 Å². The monoisotopic (exact) mass is 468 g/mol. The predicted molar refractivity (Wildman–Crippen MR) is 129 cm³/mol. The zero-order chi connectivity index (χ0) is 23.9. The largest absolute Gasteiger partial charge is 0.445 e. The van der Waals surface area contributed by atoms with E-state index in [1.807, 2.05) is 12.1 Å². The molecule has 2 aromatic carbocycles. The maximum Gasteiger partial charge on any atom is 0.407 e. The molecule has 3 heterocycles. The summed E-state index contributed by atoms with van der Waals surface area (Å²) in [7, 11) is 0. The molecule has 6 rings (SSSR count). The minimum absolute atomic E-state index is 0.0227. The average Bonchev–Trinajstić information content (AvgIpc) is 3.17. The van der Waals surface area contributed by atoms with Crippen molar-refractivity contribution in [3.05, 3.63) is 59.2 Å². The van der Waals surface area contributed by atoms with Crippen molar-refractivity contribution in [1.29, 1.82) is 0 Å². The number of alkyl carbamates (subject to hydrolysis) is 1. The molecule has 1 unspecified atom stereocenters. The summed E-state index contributed by atoms with van der Waals surface area (Å²) in [5, 5.41) is 3.24. The fourth-order valence-corrected chi connectivity index (χ4v) is 6.36. The van der Waals surface area contributed by atoms with Crippen molar-refractivity contribution < 1.29 is 18.3 Å². The second-order valence-electron chi connectivity index (χ2n) is 10.2. The zero-order valence-corrected chi connectivity index (χ0v) is 20.0. The van der Waals surface area contributed by atoms with Crippen molar-refractivity contribution in [3.63, 3.8) is 0 Å². The Balaban J connectivity index is 1.38. The summed E-state index contributed by atoms with van der Waals surface area (Å²) in [6.45, 7) is 7.41. The van der Waals surface area contributed by atoms with Gasteiger partial charge in [0.1, 0.15) is 6.10 Å². The highest BCUT2D eigenvalue weighted by atomic mass is 19.3. The Labute approximate surface area is 200 Å². The summed E-state index contributed by atoms with van der Waals surface area (Å²) in [6, 6.07) is 12.6. The summed E-state index contributed by atoms with van der Waals surface area (Å²) in [4.78, 5) is 15.4. The summed E-state index contributed by atoms with van der Waals surface area (Å²) in [5.74, 6) is 0.472. The lowest BCUT2D eigenvalue weighted by molar-refractivity contribution is -0.0353. The Morgan fingerprint density at radius 2 is 1.85 bits per heavy atom. The van der Waals surface area contributed by atoms with E-state index in [2.05, 4.69) is 36.2 Å². The highest BCUT2D eigenvalue weighted by Crippen LogP contribution is 2.51. The SMILES string of the molecule is CCC1(CC)Cc2cc(-c3cccc(C(F)F)c3)ccc2C1NC(=O)O[C@H]1CN2CCC1CC2. The number of carbonyl (C=O) groups is 1. The molecule has 4 nitrogen and oxygen atoms in total. The number of ether oxygens (including phenoxy) is 1. The molecule has 0 radical (unpaired) electrons. The van der Waals surface area contributed by atoms with Crippen molar-refractivity contribution in [2.24, 2.45) is 11.3 Å². The van der Waals surface area contributed by atoms with E-state index in [1.165, 1.54) is 11.6 Å². The van der Waals surface area contributed by atoms with Gasteiger partial charge in [0.05, 0.1) is 6.04 Å². The number of hydrogen-bond donors (Lipinski definition) is 1. The van der Waals surface area contributed by atoms with Gasteiger partial charge >= 0.3 is 6.09 Å². The molecule has 0 aromatic heterocycles. The van der Waals surface area contributed by atoms with Crippen molar-refractivity contribution in [3.8, 4) is 11.1 Å². The molecular formula is C28H34F2N2O2. The quantitative estimate of drug-likeness (QED) is 0.525. The highest BCUT2D eigenvalue weighted by molar-refractivity contribution is 5.70. The van der Waals surface area contributed by atoms with Crippen LogP contribution in [0.1, 0.15) is 68.7 Å². The first-order chi connectivity index (χ1) is 16.4. The van der Waals surface area contributed by atoms with E-state index in [0.29, 0.717) is 5.92 Å². The van der Waals surface area contributed by atoms with Crippen LogP contribution in [0.15, 0.2) is 42.5 Å². The van der Waals surface area contributed by atoms with Crippen molar-refractivity contribution in [2.45, 2.75) is 64.5 Å². The Hall–Kier alpha value is -2.47. The van der Waals surface area contributed by atoms with Crippen LogP contribution >= 0.6 is 0 Å². The first kappa shape index (κ1) is 23.3. The minimum Gasteiger partial charge on any atom is -0.445 e. The molecule has 2 atom stereocenters. The summed E-state index contributed by atoms with van der Waals surface area (Å²) >= 11 is 0. The number of rotatable bonds is 6. The van der Waals surface area contributed by atoms with E-state index in [1.54, 1.807) is 12.1 Å². The van der Waals surface area contributed by atoms with Gasteiger partial charge in [-0.2, -0.15) is 0 Å². The van der Waals surface area contributed by atoms with Crippen LogP contribution in [0, 0.1) is 11.3 Å². The second-order valence-corrected chi connectivity index (χ2v) is 10.2. The van der Waals surface area contributed by atoms with E-state index in [-0.39, 0.29) is 29.2 Å². The first-order valence-corrected chi connectivity index (χ1v) is 12.6. The number of nitrogens with zero attached hydrogens (tertiary/aromatic N) is 1. The molecule has 0 spiro atoms. The van der Waals surface area contributed by atoms with Crippen molar-refractivity contribution in [2.75, 3.05) is 19.6 Å². The molecule has 0 saturated carbocycles. The normalized spacial score (nSPS) is 27.0. The lowest BCUT2D eigenvalue weighted by atomic mass is 9.76. The van der Waals surface area contributed by atoms with E-state index in [0.717, 1.165) is 68.4 Å². The number of benzene rings is 2. The topological polar surface area (TPSA) is 41.6 Å². The molecule has 3 aliphatic heterocycles. The number of hydrogen-bond acceptors (Lipinski definition) is 3. The van der Waals surface area contributed by atoms with E-state index < -0.39 is 6.43 Å². The van der Waals surface area contributed by atoms with Gasteiger partial charge in [-0.3, -0.25) is 4.90 Å².